The molecule has 0 saturated heterocycles. The van der Waals surface area contributed by atoms with Gasteiger partial charge >= 0.3 is 0 Å². The van der Waals surface area contributed by atoms with Crippen LogP contribution in [0.25, 0.3) is 0 Å². The SMILES string of the molecule is CCCCC1C(C)CC2CCCC2C1C1CCCCCCCC1. The molecule has 0 aromatic rings. The number of fused-ring (bicyclic) bond motifs is 1. The first-order valence-electron chi connectivity index (χ1n) is 11.3. The van der Waals surface area contributed by atoms with Crippen LogP contribution in [0, 0.1) is 35.5 Å². The molecule has 0 heteroatoms. The molecule has 0 N–H and O–H groups in total. The van der Waals surface area contributed by atoms with Crippen molar-refractivity contribution in [2.24, 2.45) is 35.5 Å². The quantitative estimate of drug-likeness (QED) is 0.500. The molecule has 0 bridgehead atoms. The summed E-state index contributed by atoms with van der Waals surface area (Å²) >= 11 is 0. The van der Waals surface area contributed by atoms with Gasteiger partial charge in [0.1, 0.15) is 0 Å². The molecule has 0 aromatic carbocycles. The first kappa shape index (κ1) is 17.8. The second kappa shape index (κ2) is 8.91. The zero-order chi connectivity index (χ0) is 16.1. The van der Waals surface area contributed by atoms with E-state index in [1.807, 2.05) is 0 Å². The van der Waals surface area contributed by atoms with Crippen LogP contribution < -0.4 is 0 Å². The molecule has 0 nitrogen and oxygen atoms in total. The van der Waals surface area contributed by atoms with E-state index in [0.29, 0.717) is 0 Å². The van der Waals surface area contributed by atoms with Crippen LogP contribution >= 0.6 is 0 Å². The van der Waals surface area contributed by atoms with Gasteiger partial charge in [0.05, 0.1) is 0 Å². The highest BCUT2D eigenvalue weighted by atomic mass is 14.5. The van der Waals surface area contributed by atoms with Gasteiger partial charge in [0.2, 0.25) is 0 Å². The van der Waals surface area contributed by atoms with E-state index in [-0.39, 0.29) is 0 Å². The minimum absolute atomic E-state index is 1.01. The van der Waals surface area contributed by atoms with E-state index in [4.69, 9.17) is 0 Å². The number of rotatable bonds is 4. The van der Waals surface area contributed by atoms with Crippen molar-refractivity contribution >= 4 is 0 Å². The lowest BCUT2D eigenvalue weighted by molar-refractivity contribution is 0.00764. The fourth-order valence-electron chi connectivity index (χ4n) is 6.88. The highest BCUT2D eigenvalue weighted by molar-refractivity contribution is 4.96. The van der Waals surface area contributed by atoms with E-state index >= 15 is 0 Å². The summed E-state index contributed by atoms with van der Waals surface area (Å²) in [5.74, 6) is 6.51. The minimum Gasteiger partial charge on any atom is -0.0654 e. The van der Waals surface area contributed by atoms with Gasteiger partial charge in [-0.1, -0.05) is 90.9 Å². The third-order valence-corrected chi connectivity index (χ3v) is 7.95. The fraction of sp³-hybridized carbons (Fsp3) is 1.00. The van der Waals surface area contributed by atoms with Gasteiger partial charge in [-0.15, -0.1) is 0 Å². The van der Waals surface area contributed by atoms with Gasteiger partial charge in [0.15, 0.2) is 0 Å². The van der Waals surface area contributed by atoms with Gasteiger partial charge in [0, 0.05) is 0 Å². The van der Waals surface area contributed by atoms with Crippen molar-refractivity contribution in [1.82, 2.24) is 0 Å². The summed E-state index contributed by atoms with van der Waals surface area (Å²) in [6.07, 6.45) is 23.0. The summed E-state index contributed by atoms with van der Waals surface area (Å²) in [6, 6.07) is 0. The molecule has 23 heavy (non-hydrogen) atoms. The van der Waals surface area contributed by atoms with Crippen LogP contribution in [0.4, 0.5) is 0 Å². The smallest absolute Gasteiger partial charge is 0.0324 e. The lowest BCUT2D eigenvalue weighted by Crippen LogP contribution is -2.41. The molecule has 0 heterocycles. The van der Waals surface area contributed by atoms with E-state index in [9.17, 15) is 0 Å². The minimum atomic E-state index is 1.01. The summed E-state index contributed by atoms with van der Waals surface area (Å²) < 4.78 is 0. The maximum Gasteiger partial charge on any atom is -0.0324 e. The number of hydrogen-bond donors (Lipinski definition) is 0. The van der Waals surface area contributed by atoms with Crippen LogP contribution in [-0.2, 0) is 0 Å². The van der Waals surface area contributed by atoms with Crippen molar-refractivity contribution in [1.29, 1.82) is 0 Å². The molecule has 3 aliphatic rings. The molecular weight excluding hydrogens is 276 g/mol. The summed E-state index contributed by atoms with van der Waals surface area (Å²) in [4.78, 5) is 0. The lowest BCUT2D eigenvalue weighted by atomic mass is 9.57. The molecule has 0 amide bonds. The maximum atomic E-state index is 2.62. The van der Waals surface area contributed by atoms with Crippen LogP contribution in [0.1, 0.15) is 110 Å². The van der Waals surface area contributed by atoms with Crippen molar-refractivity contribution in [3.63, 3.8) is 0 Å². The summed E-state index contributed by atoms with van der Waals surface area (Å²) in [6.45, 7) is 5.01. The Kier molecular flexibility index (Phi) is 6.90. The molecular formula is C23H42. The normalized spacial score (nSPS) is 40.2. The molecule has 5 atom stereocenters. The third-order valence-electron chi connectivity index (χ3n) is 7.95. The van der Waals surface area contributed by atoms with Crippen LogP contribution in [0.15, 0.2) is 0 Å². The Balaban J connectivity index is 1.75. The Morgan fingerprint density at radius 2 is 1.39 bits per heavy atom. The largest absolute Gasteiger partial charge is 0.0654 e. The molecule has 134 valence electrons. The Morgan fingerprint density at radius 1 is 0.739 bits per heavy atom. The number of hydrogen-bond acceptors (Lipinski definition) is 0. The average molecular weight is 319 g/mol. The van der Waals surface area contributed by atoms with Crippen molar-refractivity contribution in [2.75, 3.05) is 0 Å². The monoisotopic (exact) mass is 318 g/mol. The van der Waals surface area contributed by atoms with Gasteiger partial charge in [0.25, 0.3) is 0 Å². The second-order valence-corrected chi connectivity index (χ2v) is 9.41. The Hall–Kier alpha value is 0. The van der Waals surface area contributed by atoms with Crippen LogP contribution in [0.3, 0.4) is 0 Å². The highest BCUT2D eigenvalue weighted by Crippen LogP contribution is 2.55. The summed E-state index contributed by atoms with van der Waals surface area (Å²) in [5, 5.41) is 0. The van der Waals surface area contributed by atoms with Gasteiger partial charge in [-0.3, -0.25) is 0 Å². The van der Waals surface area contributed by atoms with Gasteiger partial charge in [-0.2, -0.15) is 0 Å². The van der Waals surface area contributed by atoms with Gasteiger partial charge in [-0.05, 0) is 54.8 Å². The maximum absolute atomic E-state index is 2.62. The highest BCUT2D eigenvalue weighted by Gasteiger charge is 2.46. The Morgan fingerprint density at radius 3 is 2.09 bits per heavy atom. The zero-order valence-corrected chi connectivity index (χ0v) is 16.1. The predicted molar refractivity (Wildman–Crippen MR) is 102 cm³/mol. The van der Waals surface area contributed by atoms with Gasteiger partial charge < -0.3 is 0 Å². The van der Waals surface area contributed by atoms with Crippen molar-refractivity contribution in [2.45, 2.75) is 110 Å². The van der Waals surface area contributed by atoms with Crippen molar-refractivity contribution < 1.29 is 0 Å². The standard InChI is InChI=1S/C23H42/c1-3-4-15-21-18(2)17-20-14-11-16-22(20)23(21)19-12-9-7-5-6-8-10-13-19/h18-23H,3-17H2,1-2H3. The third kappa shape index (κ3) is 4.35. The van der Waals surface area contributed by atoms with Crippen molar-refractivity contribution in [3.05, 3.63) is 0 Å². The molecule has 3 fully saturated rings. The molecule has 0 radical (unpaired) electrons. The molecule has 0 spiro atoms. The van der Waals surface area contributed by atoms with Crippen LogP contribution in [-0.4, -0.2) is 0 Å². The Labute approximate surface area is 146 Å². The van der Waals surface area contributed by atoms with E-state index in [0.717, 1.165) is 35.5 Å². The molecule has 3 aliphatic carbocycles. The van der Waals surface area contributed by atoms with E-state index in [1.54, 1.807) is 44.9 Å². The molecule has 0 aliphatic heterocycles. The summed E-state index contributed by atoms with van der Waals surface area (Å²) in [7, 11) is 0. The molecule has 0 aromatic heterocycles. The summed E-state index contributed by atoms with van der Waals surface area (Å²) in [5.41, 5.74) is 0. The first-order chi connectivity index (χ1) is 11.3. The van der Waals surface area contributed by atoms with E-state index in [1.165, 1.54) is 51.4 Å². The second-order valence-electron chi connectivity index (χ2n) is 9.41. The predicted octanol–water partition coefficient (Wildman–Crippen LogP) is 7.62. The van der Waals surface area contributed by atoms with Crippen molar-refractivity contribution in [3.8, 4) is 0 Å². The van der Waals surface area contributed by atoms with Crippen LogP contribution in [0.5, 0.6) is 0 Å². The zero-order valence-electron chi connectivity index (χ0n) is 16.1. The average Bonchev–Trinajstić information content (AvgIpc) is 3.04. The number of unbranched alkanes of at least 4 members (excludes halogenated alkanes) is 1. The topological polar surface area (TPSA) is 0 Å². The van der Waals surface area contributed by atoms with E-state index in [2.05, 4.69) is 13.8 Å². The first-order valence-corrected chi connectivity index (χ1v) is 11.3. The molecule has 3 rings (SSSR count). The molecule has 3 saturated carbocycles. The Bertz CT molecular complexity index is 323. The van der Waals surface area contributed by atoms with Crippen LogP contribution in [0.2, 0.25) is 0 Å². The fourth-order valence-corrected chi connectivity index (χ4v) is 6.88. The molecule has 5 unspecified atom stereocenters. The van der Waals surface area contributed by atoms with E-state index < -0.39 is 0 Å². The lowest BCUT2D eigenvalue weighted by Gasteiger charge is -2.48. The van der Waals surface area contributed by atoms with Gasteiger partial charge in [-0.25, -0.2) is 0 Å².